The van der Waals surface area contributed by atoms with Crippen LogP contribution in [0.2, 0.25) is 0 Å². The first kappa shape index (κ1) is 12.0. The smallest absolute Gasteiger partial charge is 0.305 e. The largest absolute Gasteiger partial charge is 0.466 e. The highest BCUT2D eigenvalue weighted by molar-refractivity contribution is 5.69. The van der Waals surface area contributed by atoms with E-state index in [1.165, 1.54) is 19.3 Å². The molecule has 3 saturated carbocycles. The first-order valence-electron chi connectivity index (χ1n) is 8.12. The molecule has 4 bridgehead atoms. The highest BCUT2D eigenvalue weighted by atomic mass is 16.5. The predicted molar refractivity (Wildman–Crippen MR) is 73.3 cm³/mol. The van der Waals surface area contributed by atoms with Crippen molar-refractivity contribution in [1.82, 2.24) is 0 Å². The maximum atomic E-state index is 11.5. The first-order chi connectivity index (χ1) is 9.28. The number of allylic oxidation sites excluding steroid dienone is 2. The molecule has 3 fully saturated rings. The normalized spacial score (nSPS) is 48.8. The van der Waals surface area contributed by atoms with E-state index < -0.39 is 0 Å². The fourth-order valence-corrected chi connectivity index (χ4v) is 6.02. The minimum atomic E-state index is 0.00895. The van der Waals surface area contributed by atoms with Gasteiger partial charge in [-0.2, -0.15) is 0 Å². The van der Waals surface area contributed by atoms with E-state index in [0.29, 0.717) is 13.0 Å². The second-order valence-electron chi connectivity index (χ2n) is 7.10. The quantitative estimate of drug-likeness (QED) is 0.440. The van der Waals surface area contributed by atoms with E-state index >= 15 is 0 Å². The molecule has 7 unspecified atom stereocenters. The molecule has 0 radical (unpaired) electrons. The maximum Gasteiger partial charge on any atom is 0.305 e. The van der Waals surface area contributed by atoms with Crippen LogP contribution in [-0.4, -0.2) is 12.6 Å². The minimum absolute atomic E-state index is 0.00895. The predicted octanol–water partition coefficient (Wildman–Crippen LogP) is 3.42. The summed E-state index contributed by atoms with van der Waals surface area (Å²) in [5, 5.41) is 0. The lowest BCUT2D eigenvalue weighted by molar-refractivity contribution is -0.143. The number of hydrogen-bond donors (Lipinski definition) is 0. The Labute approximate surface area is 115 Å². The lowest BCUT2D eigenvalue weighted by atomic mass is 9.68. The summed E-state index contributed by atoms with van der Waals surface area (Å²) in [5.74, 6) is 6.50. The van der Waals surface area contributed by atoms with Crippen LogP contribution in [0.5, 0.6) is 0 Å². The zero-order valence-electron chi connectivity index (χ0n) is 11.8. The van der Waals surface area contributed by atoms with Crippen molar-refractivity contribution in [3.8, 4) is 0 Å². The molecule has 4 aliphatic rings. The monoisotopic (exact) mass is 260 g/mol. The number of rotatable bonds is 4. The van der Waals surface area contributed by atoms with Gasteiger partial charge in [0, 0.05) is 6.42 Å². The van der Waals surface area contributed by atoms with Gasteiger partial charge in [-0.25, -0.2) is 0 Å². The van der Waals surface area contributed by atoms with Crippen LogP contribution in [0.25, 0.3) is 0 Å². The number of hydrogen-bond acceptors (Lipinski definition) is 2. The molecule has 0 spiro atoms. The standard InChI is InChI=1S/C17H24O2/c1-2-19-15(18)6-5-10-7-13-9-14(10)17-12-4-3-11(8-12)16(13)17/h3-4,10-14,16-17H,2,5-9H2,1H3. The van der Waals surface area contributed by atoms with Crippen LogP contribution < -0.4 is 0 Å². The van der Waals surface area contributed by atoms with Crippen LogP contribution in [0.15, 0.2) is 12.2 Å². The van der Waals surface area contributed by atoms with E-state index in [0.717, 1.165) is 47.8 Å². The summed E-state index contributed by atoms with van der Waals surface area (Å²) in [7, 11) is 0. The third-order valence-corrected chi connectivity index (χ3v) is 6.43. The molecule has 0 aromatic rings. The third-order valence-electron chi connectivity index (χ3n) is 6.43. The molecule has 2 nitrogen and oxygen atoms in total. The highest BCUT2D eigenvalue weighted by Gasteiger charge is 2.60. The van der Waals surface area contributed by atoms with E-state index in [9.17, 15) is 4.79 Å². The molecule has 0 N–H and O–H groups in total. The van der Waals surface area contributed by atoms with Gasteiger partial charge in [-0.15, -0.1) is 0 Å². The number of ether oxygens (including phenoxy) is 1. The van der Waals surface area contributed by atoms with Crippen molar-refractivity contribution >= 4 is 5.97 Å². The van der Waals surface area contributed by atoms with Crippen LogP contribution in [0.4, 0.5) is 0 Å². The van der Waals surface area contributed by atoms with Gasteiger partial charge in [-0.3, -0.25) is 4.79 Å². The Morgan fingerprint density at radius 1 is 1.16 bits per heavy atom. The topological polar surface area (TPSA) is 26.3 Å². The van der Waals surface area contributed by atoms with Gasteiger partial charge >= 0.3 is 5.97 Å². The molecule has 0 aromatic carbocycles. The van der Waals surface area contributed by atoms with Gasteiger partial charge in [0.15, 0.2) is 0 Å². The van der Waals surface area contributed by atoms with Crippen molar-refractivity contribution in [2.45, 2.75) is 39.0 Å². The van der Waals surface area contributed by atoms with Crippen LogP contribution >= 0.6 is 0 Å². The molecule has 0 aliphatic heterocycles. The molecule has 104 valence electrons. The Morgan fingerprint density at radius 2 is 1.95 bits per heavy atom. The molecule has 0 aromatic heterocycles. The second kappa shape index (κ2) is 4.36. The maximum absolute atomic E-state index is 11.5. The number of carbonyl (C=O) groups is 1. The van der Waals surface area contributed by atoms with Gasteiger partial charge in [0.25, 0.3) is 0 Å². The average molecular weight is 260 g/mol. The Bertz CT molecular complexity index is 413. The summed E-state index contributed by atoms with van der Waals surface area (Å²) < 4.78 is 5.07. The summed E-state index contributed by atoms with van der Waals surface area (Å²) in [6.07, 6.45) is 11.0. The number of fused-ring (bicyclic) bond motifs is 9. The Kier molecular flexibility index (Phi) is 2.75. The molecule has 0 saturated heterocycles. The summed E-state index contributed by atoms with van der Waals surface area (Å²) in [4.78, 5) is 11.5. The molecule has 19 heavy (non-hydrogen) atoms. The van der Waals surface area contributed by atoms with E-state index in [1.807, 2.05) is 6.92 Å². The van der Waals surface area contributed by atoms with Gasteiger partial charge in [0.2, 0.25) is 0 Å². The molecule has 4 rings (SSSR count). The van der Waals surface area contributed by atoms with Crippen molar-refractivity contribution in [3.05, 3.63) is 12.2 Å². The van der Waals surface area contributed by atoms with Crippen molar-refractivity contribution in [2.24, 2.45) is 41.4 Å². The Morgan fingerprint density at radius 3 is 2.74 bits per heavy atom. The molecule has 0 heterocycles. The lowest BCUT2D eigenvalue weighted by Gasteiger charge is -2.36. The summed E-state index contributed by atoms with van der Waals surface area (Å²) in [6, 6.07) is 0. The van der Waals surface area contributed by atoms with Gasteiger partial charge in [-0.05, 0) is 74.0 Å². The SMILES string of the molecule is CCOC(=O)CCC1CC2CC1C1C3C=CC(C3)C21. The van der Waals surface area contributed by atoms with Gasteiger partial charge in [0.05, 0.1) is 6.61 Å². The van der Waals surface area contributed by atoms with Crippen molar-refractivity contribution in [2.75, 3.05) is 6.61 Å². The van der Waals surface area contributed by atoms with Gasteiger partial charge in [-0.1, -0.05) is 12.2 Å². The van der Waals surface area contributed by atoms with E-state index in [-0.39, 0.29) is 5.97 Å². The molecule has 7 atom stereocenters. The van der Waals surface area contributed by atoms with Crippen LogP contribution in [0.1, 0.15) is 39.0 Å². The van der Waals surface area contributed by atoms with Crippen LogP contribution in [0, 0.1) is 41.4 Å². The third kappa shape index (κ3) is 1.71. The average Bonchev–Trinajstić information content (AvgIpc) is 3.14. The first-order valence-corrected chi connectivity index (χ1v) is 8.12. The minimum Gasteiger partial charge on any atom is -0.466 e. The highest BCUT2D eigenvalue weighted by Crippen LogP contribution is 2.67. The molecular formula is C17H24O2. The number of carbonyl (C=O) groups excluding carboxylic acids is 1. The Hall–Kier alpha value is -0.790. The van der Waals surface area contributed by atoms with Gasteiger partial charge in [0.1, 0.15) is 0 Å². The second-order valence-corrected chi connectivity index (χ2v) is 7.10. The number of esters is 1. The van der Waals surface area contributed by atoms with Crippen molar-refractivity contribution in [1.29, 1.82) is 0 Å². The molecular weight excluding hydrogens is 236 g/mol. The van der Waals surface area contributed by atoms with Crippen LogP contribution in [-0.2, 0) is 9.53 Å². The molecule has 0 amide bonds. The summed E-state index contributed by atoms with van der Waals surface area (Å²) >= 11 is 0. The molecule has 2 heteroatoms. The molecule has 4 aliphatic carbocycles. The van der Waals surface area contributed by atoms with E-state index in [1.54, 1.807) is 0 Å². The fourth-order valence-electron chi connectivity index (χ4n) is 6.02. The lowest BCUT2D eigenvalue weighted by Crippen LogP contribution is -2.31. The zero-order valence-corrected chi connectivity index (χ0v) is 11.8. The van der Waals surface area contributed by atoms with Gasteiger partial charge < -0.3 is 4.74 Å². The van der Waals surface area contributed by atoms with E-state index in [4.69, 9.17) is 4.74 Å². The zero-order chi connectivity index (χ0) is 13.0. The summed E-state index contributed by atoms with van der Waals surface area (Å²) in [6.45, 7) is 2.41. The summed E-state index contributed by atoms with van der Waals surface area (Å²) in [5.41, 5.74) is 0. The van der Waals surface area contributed by atoms with Crippen molar-refractivity contribution in [3.63, 3.8) is 0 Å². The Balaban J connectivity index is 1.40. The van der Waals surface area contributed by atoms with Crippen molar-refractivity contribution < 1.29 is 9.53 Å². The fraction of sp³-hybridized carbons (Fsp3) is 0.824. The van der Waals surface area contributed by atoms with Crippen LogP contribution in [0.3, 0.4) is 0 Å². The van der Waals surface area contributed by atoms with E-state index in [2.05, 4.69) is 12.2 Å².